The van der Waals surface area contributed by atoms with Gasteiger partial charge in [0.25, 0.3) is 0 Å². The van der Waals surface area contributed by atoms with E-state index in [1.54, 1.807) is 18.0 Å². The fourth-order valence-corrected chi connectivity index (χ4v) is 1.38. The van der Waals surface area contributed by atoms with Crippen LogP contribution in [0.1, 0.15) is 12.8 Å². The van der Waals surface area contributed by atoms with Crippen LogP contribution in [-0.4, -0.2) is 46.5 Å². The Kier molecular flexibility index (Phi) is 5.97. The van der Waals surface area contributed by atoms with E-state index in [-0.39, 0.29) is 12.8 Å². The molecule has 0 fully saturated rings. The number of amides is 1. The van der Waals surface area contributed by atoms with Gasteiger partial charge in [0.05, 0.1) is 31.1 Å². The average Bonchev–Trinajstić information content (AvgIpc) is 2.80. The molecule has 0 aromatic carbocycles. The molecule has 19 heavy (non-hydrogen) atoms. The second kappa shape index (κ2) is 7.49. The third kappa shape index (κ3) is 5.49. The molecule has 8 heteroatoms. The van der Waals surface area contributed by atoms with Crippen molar-refractivity contribution in [3.8, 4) is 0 Å². The smallest absolute Gasteiger partial charge is 0.303 e. The molecule has 1 unspecified atom stereocenters. The molecule has 0 aliphatic rings. The number of hydrogen-bond donors (Lipinski definition) is 3. The van der Waals surface area contributed by atoms with Gasteiger partial charge in [-0.05, 0) is 6.42 Å². The maximum absolute atomic E-state index is 11.7. The number of hydrogen-bond acceptors (Lipinski definition) is 5. The largest absolute Gasteiger partial charge is 0.481 e. The highest BCUT2D eigenvalue weighted by Crippen LogP contribution is 2.06. The second-order valence-corrected chi connectivity index (χ2v) is 4.01. The van der Waals surface area contributed by atoms with E-state index in [2.05, 4.69) is 10.4 Å². The van der Waals surface area contributed by atoms with Gasteiger partial charge in [0.2, 0.25) is 5.91 Å². The Morgan fingerprint density at radius 1 is 1.63 bits per heavy atom. The summed E-state index contributed by atoms with van der Waals surface area (Å²) in [6.45, 7) is 1.10. The van der Waals surface area contributed by atoms with E-state index in [1.807, 2.05) is 0 Å². The summed E-state index contributed by atoms with van der Waals surface area (Å²) < 4.78 is 6.53. The number of carboxylic acid groups (broad SMARTS) is 1. The van der Waals surface area contributed by atoms with Crippen molar-refractivity contribution in [1.82, 2.24) is 9.78 Å². The minimum atomic E-state index is -0.976. The molecule has 106 valence electrons. The second-order valence-electron chi connectivity index (χ2n) is 4.01. The molecule has 0 spiro atoms. The number of nitrogens with zero attached hydrogens (tertiary/aromatic N) is 2. The molecule has 0 bridgehead atoms. The Balaban J connectivity index is 2.42. The summed E-state index contributed by atoms with van der Waals surface area (Å²) in [4.78, 5) is 22.0. The van der Waals surface area contributed by atoms with Crippen molar-refractivity contribution >= 4 is 17.6 Å². The first-order chi connectivity index (χ1) is 9.02. The number of methoxy groups -OCH3 is 1. The number of aliphatic carboxylic acids is 1. The first-order valence-corrected chi connectivity index (χ1v) is 5.82. The normalized spacial score (nSPS) is 12.1. The topological polar surface area (TPSA) is 119 Å². The summed E-state index contributed by atoms with van der Waals surface area (Å²) in [5, 5.41) is 15.1. The van der Waals surface area contributed by atoms with Crippen LogP contribution in [-0.2, 0) is 20.9 Å². The maximum atomic E-state index is 11.7. The van der Waals surface area contributed by atoms with Gasteiger partial charge in [0.1, 0.15) is 0 Å². The van der Waals surface area contributed by atoms with E-state index in [4.69, 9.17) is 15.6 Å². The number of anilines is 1. The van der Waals surface area contributed by atoms with E-state index >= 15 is 0 Å². The van der Waals surface area contributed by atoms with Gasteiger partial charge in [-0.25, -0.2) is 0 Å². The summed E-state index contributed by atoms with van der Waals surface area (Å²) in [5.74, 6) is -1.40. The van der Waals surface area contributed by atoms with Crippen LogP contribution in [0.3, 0.4) is 0 Å². The van der Waals surface area contributed by atoms with Crippen LogP contribution in [0.15, 0.2) is 12.4 Å². The number of carboxylic acids is 1. The Labute approximate surface area is 110 Å². The fourth-order valence-electron chi connectivity index (χ4n) is 1.38. The van der Waals surface area contributed by atoms with Crippen LogP contribution >= 0.6 is 0 Å². The highest BCUT2D eigenvalue weighted by Gasteiger charge is 2.15. The van der Waals surface area contributed by atoms with Crippen LogP contribution in [0.25, 0.3) is 0 Å². The van der Waals surface area contributed by atoms with Crippen molar-refractivity contribution in [2.24, 2.45) is 5.73 Å². The van der Waals surface area contributed by atoms with Gasteiger partial charge in [0, 0.05) is 19.7 Å². The Hall–Kier alpha value is -1.93. The lowest BCUT2D eigenvalue weighted by atomic mass is 10.1. The zero-order valence-corrected chi connectivity index (χ0v) is 10.7. The zero-order valence-electron chi connectivity index (χ0n) is 10.7. The number of ether oxygens (including phenoxy) is 1. The van der Waals surface area contributed by atoms with Crippen molar-refractivity contribution in [1.29, 1.82) is 0 Å². The summed E-state index contributed by atoms with van der Waals surface area (Å²) in [7, 11) is 1.59. The minimum absolute atomic E-state index is 0.0962. The average molecular weight is 270 g/mol. The lowest BCUT2D eigenvalue weighted by Crippen LogP contribution is -2.35. The van der Waals surface area contributed by atoms with Gasteiger partial charge >= 0.3 is 5.97 Å². The Morgan fingerprint density at radius 2 is 2.37 bits per heavy atom. The number of carbonyl (C=O) groups excluding carboxylic acids is 1. The lowest BCUT2D eigenvalue weighted by molar-refractivity contribution is -0.137. The predicted octanol–water partition coefficient (Wildman–Crippen LogP) is -0.340. The van der Waals surface area contributed by atoms with Gasteiger partial charge in [-0.15, -0.1) is 0 Å². The highest BCUT2D eigenvalue weighted by molar-refractivity contribution is 5.94. The van der Waals surface area contributed by atoms with E-state index in [0.717, 1.165) is 0 Å². The van der Waals surface area contributed by atoms with E-state index in [1.165, 1.54) is 6.20 Å². The third-order valence-corrected chi connectivity index (χ3v) is 2.43. The molecule has 0 radical (unpaired) electrons. The Bertz CT molecular complexity index is 432. The van der Waals surface area contributed by atoms with Crippen LogP contribution in [0.4, 0.5) is 5.69 Å². The zero-order chi connectivity index (χ0) is 14.3. The van der Waals surface area contributed by atoms with Gasteiger partial charge in [0.15, 0.2) is 0 Å². The van der Waals surface area contributed by atoms with Crippen molar-refractivity contribution < 1.29 is 19.4 Å². The van der Waals surface area contributed by atoms with E-state index in [0.29, 0.717) is 18.8 Å². The summed E-state index contributed by atoms with van der Waals surface area (Å²) in [6.07, 6.45) is 3.11. The molecule has 1 rings (SSSR count). The number of carbonyl (C=O) groups is 2. The first-order valence-electron chi connectivity index (χ1n) is 5.82. The maximum Gasteiger partial charge on any atom is 0.303 e. The fraction of sp³-hybridized carbons (Fsp3) is 0.545. The number of nitrogens with one attached hydrogen (secondary N) is 1. The molecule has 0 aliphatic carbocycles. The molecule has 1 aromatic heterocycles. The predicted molar refractivity (Wildman–Crippen MR) is 67.6 cm³/mol. The SMILES string of the molecule is COCCn1cc(NC(=O)C(N)CCC(=O)O)cn1. The molecule has 1 aromatic rings. The Morgan fingerprint density at radius 3 is 3.00 bits per heavy atom. The molecule has 0 aliphatic heterocycles. The van der Waals surface area contributed by atoms with Gasteiger partial charge in [-0.3, -0.25) is 14.3 Å². The van der Waals surface area contributed by atoms with Crippen LogP contribution in [0, 0.1) is 0 Å². The summed E-state index contributed by atoms with van der Waals surface area (Å²) in [5.41, 5.74) is 6.10. The molecule has 1 heterocycles. The quantitative estimate of drug-likeness (QED) is 0.594. The van der Waals surface area contributed by atoms with Crippen molar-refractivity contribution in [3.05, 3.63) is 12.4 Å². The van der Waals surface area contributed by atoms with Crippen LogP contribution < -0.4 is 11.1 Å². The lowest BCUT2D eigenvalue weighted by Gasteiger charge is -2.09. The van der Waals surface area contributed by atoms with Crippen LogP contribution in [0.5, 0.6) is 0 Å². The summed E-state index contributed by atoms with van der Waals surface area (Å²) >= 11 is 0. The van der Waals surface area contributed by atoms with Gasteiger partial charge in [-0.1, -0.05) is 0 Å². The number of rotatable bonds is 8. The summed E-state index contributed by atoms with van der Waals surface area (Å²) in [6, 6.07) is -0.849. The molecule has 1 amide bonds. The van der Waals surface area contributed by atoms with E-state index < -0.39 is 17.9 Å². The van der Waals surface area contributed by atoms with E-state index in [9.17, 15) is 9.59 Å². The molecule has 0 saturated carbocycles. The van der Waals surface area contributed by atoms with Crippen molar-refractivity contribution in [2.45, 2.75) is 25.4 Å². The highest BCUT2D eigenvalue weighted by atomic mass is 16.5. The first kappa shape index (κ1) is 15.1. The molecule has 4 N–H and O–H groups in total. The van der Waals surface area contributed by atoms with Gasteiger partial charge in [-0.2, -0.15) is 5.10 Å². The molecular formula is C11H18N4O4. The minimum Gasteiger partial charge on any atom is -0.481 e. The van der Waals surface area contributed by atoms with Crippen LogP contribution in [0.2, 0.25) is 0 Å². The number of aromatic nitrogens is 2. The van der Waals surface area contributed by atoms with Crippen molar-refractivity contribution in [2.75, 3.05) is 19.0 Å². The monoisotopic (exact) mass is 270 g/mol. The van der Waals surface area contributed by atoms with Gasteiger partial charge < -0.3 is 20.9 Å². The molecular weight excluding hydrogens is 252 g/mol. The standard InChI is InChI=1S/C11H18N4O4/c1-19-5-4-15-7-8(6-13-15)14-11(18)9(12)2-3-10(16)17/h6-7,9H,2-5,12H2,1H3,(H,14,18)(H,16,17). The molecule has 0 saturated heterocycles. The molecule has 1 atom stereocenters. The third-order valence-electron chi connectivity index (χ3n) is 2.43. The number of nitrogens with two attached hydrogens (primary N) is 1. The molecule has 8 nitrogen and oxygen atoms in total. The van der Waals surface area contributed by atoms with Crippen molar-refractivity contribution in [3.63, 3.8) is 0 Å².